The molecule has 1 rings (SSSR count). The van der Waals surface area contributed by atoms with Crippen LogP contribution in [0.3, 0.4) is 0 Å². The minimum atomic E-state index is -2.88. The van der Waals surface area contributed by atoms with Gasteiger partial charge in [0.1, 0.15) is 3.70 Å². The van der Waals surface area contributed by atoms with Gasteiger partial charge in [0, 0.05) is 11.9 Å². The van der Waals surface area contributed by atoms with Gasteiger partial charge in [-0.3, -0.25) is 4.68 Å². The zero-order valence-electron chi connectivity index (χ0n) is 7.98. The van der Waals surface area contributed by atoms with Gasteiger partial charge in [-0.2, -0.15) is 5.10 Å². The summed E-state index contributed by atoms with van der Waals surface area (Å²) in [6, 6.07) is 1.85. The van der Waals surface area contributed by atoms with Crippen LogP contribution in [0, 0.1) is 3.70 Å². The number of aryl methyl sites for hydroxylation is 1. The predicted octanol–water partition coefficient (Wildman–Crippen LogP) is 1.31. The summed E-state index contributed by atoms with van der Waals surface area (Å²) in [5.41, 5.74) is 0. The van der Waals surface area contributed by atoms with E-state index in [2.05, 4.69) is 27.7 Å². The van der Waals surface area contributed by atoms with Gasteiger partial charge in [0.15, 0.2) is 9.84 Å². The molecule has 1 aromatic rings. The van der Waals surface area contributed by atoms with E-state index in [1.807, 2.05) is 13.0 Å². The van der Waals surface area contributed by atoms with E-state index in [0.29, 0.717) is 13.0 Å². The summed E-state index contributed by atoms with van der Waals surface area (Å²) in [5, 5.41) is 4.11. The van der Waals surface area contributed by atoms with Crippen molar-refractivity contribution in [1.82, 2.24) is 9.78 Å². The SMILES string of the molecule is CCCS(=O)(=O)CCn1ccc(I)n1. The molecule has 0 radical (unpaired) electrons. The van der Waals surface area contributed by atoms with Crippen LogP contribution in [-0.2, 0) is 16.4 Å². The third-order valence-corrected chi connectivity index (χ3v) is 4.16. The van der Waals surface area contributed by atoms with Crippen LogP contribution in [0.5, 0.6) is 0 Å². The average molecular weight is 328 g/mol. The zero-order chi connectivity index (χ0) is 10.6. The molecule has 0 amide bonds. The molecule has 0 saturated heterocycles. The van der Waals surface area contributed by atoms with Crippen LogP contribution in [0.15, 0.2) is 12.3 Å². The van der Waals surface area contributed by atoms with E-state index < -0.39 is 9.84 Å². The first-order chi connectivity index (χ1) is 6.53. The van der Waals surface area contributed by atoms with Gasteiger partial charge in [-0.1, -0.05) is 6.92 Å². The normalized spacial score (nSPS) is 11.9. The maximum Gasteiger partial charge on any atom is 0.152 e. The Morgan fingerprint density at radius 1 is 1.50 bits per heavy atom. The molecule has 0 bridgehead atoms. The quantitative estimate of drug-likeness (QED) is 0.766. The number of aromatic nitrogens is 2. The second-order valence-corrected chi connectivity index (χ2v) is 6.46. The number of halogens is 1. The van der Waals surface area contributed by atoms with Gasteiger partial charge in [-0.05, 0) is 35.1 Å². The van der Waals surface area contributed by atoms with Crippen LogP contribution in [0.25, 0.3) is 0 Å². The zero-order valence-corrected chi connectivity index (χ0v) is 11.0. The van der Waals surface area contributed by atoms with Crippen molar-refractivity contribution in [3.05, 3.63) is 16.0 Å². The van der Waals surface area contributed by atoms with Crippen molar-refractivity contribution >= 4 is 32.4 Å². The molecule has 0 spiro atoms. The summed E-state index contributed by atoms with van der Waals surface area (Å²) in [5.74, 6) is 0.448. The number of hydrogen-bond donors (Lipinski definition) is 0. The summed E-state index contributed by atoms with van der Waals surface area (Å²) >= 11 is 2.10. The molecule has 0 saturated carbocycles. The van der Waals surface area contributed by atoms with Crippen LogP contribution in [-0.4, -0.2) is 29.7 Å². The minimum Gasteiger partial charge on any atom is -0.271 e. The fourth-order valence-electron chi connectivity index (χ4n) is 1.11. The molecular formula is C8H13IN2O2S. The summed E-state index contributed by atoms with van der Waals surface area (Å²) in [7, 11) is -2.88. The third-order valence-electron chi connectivity index (χ3n) is 1.75. The Morgan fingerprint density at radius 2 is 2.21 bits per heavy atom. The molecule has 4 nitrogen and oxygen atoms in total. The van der Waals surface area contributed by atoms with Crippen molar-refractivity contribution in [3.8, 4) is 0 Å². The Bertz CT molecular complexity index is 386. The Morgan fingerprint density at radius 3 is 2.71 bits per heavy atom. The lowest BCUT2D eigenvalue weighted by Crippen LogP contribution is -2.16. The molecule has 14 heavy (non-hydrogen) atoms. The standard InChI is InChI=1S/C8H13IN2O2S/c1-2-6-14(12,13)7-5-11-4-3-8(9)10-11/h3-4H,2,5-7H2,1H3. The van der Waals surface area contributed by atoms with E-state index in [1.165, 1.54) is 0 Å². The molecule has 6 heteroatoms. The Hall–Kier alpha value is -0.110. The van der Waals surface area contributed by atoms with Crippen molar-refractivity contribution in [2.24, 2.45) is 0 Å². The first kappa shape index (κ1) is 12.0. The summed E-state index contributed by atoms with van der Waals surface area (Å²) in [4.78, 5) is 0. The second kappa shape index (κ2) is 5.11. The molecule has 80 valence electrons. The van der Waals surface area contributed by atoms with E-state index in [9.17, 15) is 8.42 Å². The maximum absolute atomic E-state index is 11.4. The lowest BCUT2D eigenvalue weighted by atomic mass is 10.6. The smallest absolute Gasteiger partial charge is 0.152 e. The number of hydrogen-bond acceptors (Lipinski definition) is 3. The van der Waals surface area contributed by atoms with Gasteiger partial charge in [-0.15, -0.1) is 0 Å². The highest BCUT2D eigenvalue weighted by atomic mass is 127. The minimum absolute atomic E-state index is 0.179. The monoisotopic (exact) mass is 328 g/mol. The van der Waals surface area contributed by atoms with Crippen molar-refractivity contribution in [2.45, 2.75) is 19.9 Å². The Balaban J connectivity index is 2.48. The molecule has 0 atom stereocenters. The van der Waals surface area contributed by atoms with E-state index in [-0.39, 0.29) is 11.5 Å². The van der Waals surface area contributed by atoms with Gasteiger partial charge in [0.05, 0.1) is 12.3 Å². The lowest BCUT2D eigenvalue weighted by molar-refractivity contribution is 0.579. The lowest BCUT2D eigenvalue weighted by Gasteiger charge is -2.02. The highest BCUT2D eigenvalue weighted by Crippen LogP contribution is 2.00. The van der Waals surface area contributed by atoms with Crippen molar-refractivity contribution in [2.75, 3.05) is 11.5 Å². The van der Waals surface area contributed by atoms with Gasteiger partial charge in [0.2, 0.25) is 0 Å². The topological polar surface area (TPSA) is 52.0 Å². The van der Waals surface area contributed by atoms with Gasteiger partial charge < -0.3 is 0 Å². The molecule has 0 N–H and O–H groups in total. The largest absolute Gasteiger partial charge is 0.271 e. The molecule has 0 unspecified atom stereocenters. The van der Waals surface area contributed by atoms with Gasteiger partial charge in [0.25, 0.3) is 0 Å². The molecule has 0 aliphatic rings. The second-order valence-electron chi connectivity index (χ2n) is 3.05. The van der Waals surface area contributed by atoms with E-state index in [0.717, 1.165) is 3.70 Å². The first-order valence-electron chi connectivity index (χ1n) is 4.43. The fourth-order valence-corrected chi connectivity index (χ4v) is 2.84. The molecule has 0 aliphatic heterocycles. The highest BCUT2D eigenvalue weighted by Gasteiger charge is 2.09. The predicted molar refractivity (Wildman–Crippen MR) is 63.9 cm³/mol. The van der Waals surface area contributed by atoms with E-state index >= 15 is 0 Å². The molecule has 0 aliphatic carbocycles. The van der Waals surface area contributed by atoms with Crippen LogP contribution in [0.2, 0.25) is 0 Å². The Kier molecular flexibility index (Phi) is 4.36. The molecule has 1 aromatic heterocycles. The molecular weight excluding hydrogens is 315 g/mol. The Labute approximate surface area is 97.8 Å². The molecule has 0 fully saturated rings. The summed E-state index contributed by atoms with van der Waals surface area (Å²) < 4.78 is 25.3. The van der Waals surface area contributed by atoms with Crippen LogP contribution < -0.4 is 0 Å². The van der Waals surface area contributed by atoms with E-state index in [1.54, 1.807) is 10.9 Å². The van der Waals surface area contributed by atoms with Crippen LogP contribution in [0.4, 0.5) is 0 Å². The van der Waals surface area contributed by atoms with Crippen molar-refractivity contribution in [3.63, 3.8) is 0 Å². The first-order valence-corrected chi connectivity index (χ1v) is 7.33. The average Bonchev–Trinajstić information content (AvgIpc) is 2.48. The van der Waals surface area contributed by atoms with Gasteiger partial charge >= 0.3 is 0 Å². The fraction of sp³-hybridized carbons (Fsp3) is 0.625. The summed E-state index contributed by atoms with van der Waals surface area (Å²) in [6.07, 6.45) is 2.47. The van der Waals surface area contributed by atoms with Crippen LogP contribution in [0.1, 0.15) is 13.3 Å². The van der Waals surface area contributed by atoms with Gasteiger partial charge in [-0.25, -0.2) is 8.42 Å². The highest BCUT2D eigenvalue weighted by molar-refractivity contribution is 14.1. The van der Waals surface area contributed by atoms with Crippen molar-refractivity contribution in [1.29, 1.82) is 0 Å². The van der Waals surface area contributed by atoms with Crippen molar-refractivity contribution < 1.29 is 8.42 Å². The third kappa shape index (κ3) is 3.95. The molecule has 1 heterocycles. The van der Waals surface area contributed by atoms with Crippen LogP contribution >= 0.6 is 22.6 Å². The number of rotatable bonds is 5. The number of sulfone groups is 1. The maximum atomic E-state index is 11.4. The summed E-state index contributed by atoms with van der Waals surface area (Å²) in [6.45, 7) is 2.32. The van der Waals surface area contributed by atoms with E-state index in [4.69, 9.17) is 0 Å². The molecule has 0 aromatic carbocycles. The number of nitrogens with zero attached hydrogens (tertiary/aromatic N) is 2.